The van der Waals surface area contributed by atoms with Gasteiger partial charge < -0.3 is 15.1 Å². The number of nitrogens with zero attached hydrogens (tertiary/aromatic N) is 1. The second-order valence-electron chi connectivity index (χ2n) is 3.77. The van der Waals surface area contributed by atoms with Crippen molar-refractivity contribution in [2.45, 2.75) is 6.92 Å². The molecule has 0 aromatic carbocycles. The molecule has 0 atom stereocenters. The number of hydrogen-bond acceptors (Lipinski definition) is 5. The Hall–Kier alpha value is -2.08. The van der Waals surface area contributed by atoms with E-state index in [0.717, 1.165) is 5.39 Å². The Morgan fingerprint density at radius 2 is 2.42 bits per heavy atom. The number of ether oxygens (including phenoxy) is 1. The summed E-state index contributed by atoms with van der Waals surface area (Å²) in [5.74, 6) is -0.534. The molecule has 0 aliphatic rings. The Morgan fingerprint density at radius 1 is 1.63 bits per heavy atom. The normalized spacial score (nSPS) is 11.6. The molecular formula is C13H13N3O2S. The first kappa shape index (κ1) is 13.4. The summed E-state index contributed by atoms with van der Waals surface area (Å²) in [5.41, 5.74) is 1.55. The van der Waals surface area contributed by atoms with Crippen LogP contribution in [-0.4, -0.2) is 28.3 Å². The molecule has 6 heteroatoms. The highest BCUT2D eigenvalue weighted by Crippen LogP contribution is 2.17. The van der Waals surface area contributed by atoms with E-state index in [1.165, 1.54) is 6.08 Å². The molecule has 0 spiro atoms. The molecule has 2 heterocycles. The Labute approximate surface area is 115 Å². The van der Waals surface area contributed by atoms with Crippen LogP contribution in [0, 0.1) is 5.41 Å². The van der Waals surface area contributed by atoms with Crippen molar-refractivity contribution in [1.82, 2.24) is 9.97 Å². The lowest BCUT2D eigenvalue weighted by Crippen LogP contribution is -2.06. The van der Waals surface area contributed by atoms with E-state index >= 15 is 0 Å². The molecule has 2 aromatic heterocycles. The summed E-state index contributed by atoms with van der Waals surface area (Å²) in [5, 5.41) is 8.83. The van der Waals surface area contributed by atoms with Crippen LogP contribution in [-0.2, 0) is 9.53 Å². The molecule has 2 N–H and O–H groups in total. The Morgan fingerprint density at radius 3 is 3.16 bits per heavy atom. The maximum absolute atomic E-state index is 11.4. The fraction of sp³-hybridized carbons (Fsp3) is 0.154. The summed E-state index contributed by atoms with van der Waals surface area (Å²) in [6.07, 6.45) is 4.73. The molecule has 0 bridgehead atoms. The summed E-state index contributed by atoms with van der Waals surface area (Å²) >= 11 is 4.04. The van der Waals surface area contributed by atoms with Crippen LogP contribution < -0.4 is 0 Å². The molecule has 19 heavy (non-hydrogen) atoms. The van der Waals surface area contributed by atoms with Gasteiger partial charge in [0.25, 0.3) is 0 Å². The molecule has 2 rings (SSSR count). The van der Waals surface area contributed by atoms with Gasteiger partial charge in [-0.2, -0.15) is 0 Å². The first-order valence-electron chi connectivity index (χ1n) is 5.72. The highest BCUT2D eigenvalue weighted by molar-refractivity contribution is 7.85. The topological polar surface area (TPSA) is 78.8 Å². The Bertz CT molecular complexity index is 661. The van der Waals surface area contributed by atoms with Gasteiger partial charge in [0.15, 0.2) is 0 Å². The predicted molar refractivity (Wildman–Crippen MR) is 76.6 cm³/mol. The van der Waals surface area contributed by atoms with Gasteiger partial charge in [0.2, 0.25) is 0 Å². The van der Waals surface area contributed by atoms with Crippen molar-refractivity contribution in [2.75, 3.05) is 6.61 Å². The maximum Gasteiger partial charge on any atom is 0.344 e. The SMILES string of the molecule is CCOC(=O)/C(S)=C/C(=N)c1c[nH]c2ncccc12. The van der Waals surface area contributed by atoms with E-state index in [9.17, 15) is 4.79 Å². The minimum atomic E-state index is -0.534. The van der Waals surface area contributed by atoms with Crippen LogP contribution >= 0.6 is 12.6 Å². The Kier molecular flexibility index (Phi) is 4.01. The van der Waals surface area contributed by atoms with Gasteiger partial charge in [-0.25, -0.2) is 9.78 Å². The van der Waals surface area contributed by atoms with Crippen LogP contribution in [0.2, 0.25) is 0 Å². The smallest absolute Gasteiger partial charge is 0.344 e. The van der Waals surface area contributed by atoms with Gasteiger partial charge in [0.1, 0.15) is 5.65 Å². The number of H-pyrrole nitrogens is 1. The molecule has 0 amide bonds. The molecule has 2 aromatic rings. The molecule has 0 aliphatic carbocycles. The third-order valence-corrected chi connectivity index (χ3v) is 2.82. The Balaban J connectivity index is 2.30. The van der Waals surface area contributed by atoms with Crippen LogP contribution in [0.3, 0.4) is 0 Å². The van der Waals surface area contributed by atoms with Crippen molar-refractivity contribution in [1.29, 1.82) is 5.41 Å². The number of thiol groups is 1. The van der Waals surface area contributed by atoms with E-state index in [2.05, 4.69) is 22.6 Å². The number of fused-ring (bicyclic) bond motifs is 1. The number of aromatic nitrogens is 2. The zero-order chi connectivity index (χ0) is 13.8. The number of nitrogens with one attached hydrogen (secondary N) is 2. The molecule has 0 saturated carbocycles. The lowest BCUT2D eigenvalue weighted by Gasteiger charge is -2.01. The lowest BCUT2D eigenvalue weighted by molar-refractivity contribution is -0.137. The van der Waals surface area contributed by atoms with Gasteiger partial charge in [-0.15, -0.1) is 12.6 Å². The molecular weight excluding hydrogens is 262 g/mol. The molecule has 0 fully saturated rings. The second kappa shape index (κ2) is 5.71. The quantitative estimate of drug-likeness (QED) is 0.347. The minimum Gasteiger partial charge on any atom is -0.462 e. The number of carbonyl (C=O) groups excluding carboxylic acids is 1. The van der Waals surface area contributed by atoms with Gasteiger partial charge in [-0.05, 0) is 25.1 Å². The average molecular weight is 275 g/mol. The van der Waals surface area contributed by atoms with Gasteiger partial charge in [0.05, 0.1) is 17.2 Å². The van der Waals surface area contributed by atoms with E-state index in [1.807, 2.05) is 6.07 Å². The zero-order valence-electron chi connectivity index (χ0n) is 10.3. The van der Waals surface area contributed by atoms with Gasteiger partial charge >= 0.3 is 5.97 Å². The summed E-state index contributed by atoms with van der Waals surface area (Å²) in [7, 11) is 0. The molecule has 0 unspecified atom stereocenters. The molecule has 0 saturated heterocycles. The van der Waals surface area contributed by atoms with Crippen LogP contribution in [0.4, 0.5) is 0 Å². The van der Waals surface area contributed by atoms with E-state index in [-0.39, 0.29) is 17.2 Å². The third-order valence-electron chi connectivity index (χ3n) is 2.51. The monoisotopic (exact) mass is 275 g/mol. The summed E-state index contributed by atoms with van der Waals surface area (Å²) < 4.78 is 4.81. The van der Waals surface area contributed by atoms with Crippen molar-refractivity contribution >= 4 is 35.3 Å². The predicted octanol–water partition coefficient (Wildman–Crippen LogP) is 2.31. The first-order chi connectivity index (χ1) is 9.13. The van der Waals surface area contributed by atoms with Crippen LogP contribution in [0.5, 0.6) is 0 Å². The van der Waals surface area contributed by atoms with E-state index in [0.29, 0.717) is 11.2 Å². The minimum absolute atomic E-state index is 0.102. The summed E-state index contributed by atoms with van der Waals surface area (Å²) in [6, 6.07) is 3.66. The van der Waals surface area contributed by atoms with Crippen molar-refractivity contribution in [3.8, 4) is 0 Å². The van der Waals surface area contributed by atoms with Crippen molar-refractivity contribution in [2.24, 2.45) is 0 Å². The van der Waals surface area contributed by atoms with E-state index in [1.54, 1.807) is 25.4 Å². The molecule has 0 aliphatic heterocycles. The first-order valence-corrected chi connectivity index (χ1v) is 6.17. The van der Waals surface area contributed by atoms with Crippen molar-refractivity contribution < 1.29 is 9.53 Å². The lowest BCUT2D eigenvalue weighted by atomic mass is 10.1. The van der Waals surface area contributed by atoms with Crippen LogP contribution in [0.1, 0.15) is 12.5 Å². The van der Waals surface area contributed by atoms with Gasteiger partial charge in [-0.3, -0.25) is 0 Å². The fourth-order valence-electron chi connectivity index (χ4n) is 1.66. The average Bonchev–Trinajstić information content (AvgIpc) is 2.82. The van der Waals surface area contributed by atoms with Gasteiger partial charge in [0, 0.05) is 23.3 Å². The van der Waals surface area contributed by atoms with Crippen molar-refractivity contribution in [3.63, 3.8) is 0 Å². The van der Waals surface area contributed by atoms with Crippen molar-refractivity contribution in [3.05, 3.63) is 41.1 Å². The third kappa shape index (κ3) is 2.85. The van der Waals surface area contributed by atoms with Crippen LogP contribution in [0.15, 0.2) is 35.5 Å². The number of pyridine rings is 1. The van der Waals surface area contributed by atoms with Gasteiger partial charge in [-0.1, -0.05) is 0 Å². The highest BCUT2D eigenvalue weighted by Gasteiger charge is 2.11. The number of aromatic amines is 1. The van der Waals surface area contributed by atoms with E-state index < -0.39 is 5.97 Å². The number of carbonyl (C=O) groups is 1. The number of esters is 1. The van der Waals surface area contributed by atoms with Crippen LogP contribution in [0.25, 0.3) is 11.0 Å². The number of allylic oxidation sites excluding steroid dienone is 1. The number of rotatable bonds is 4. The standard InChI is InChI=1S/C13H13N3O2S/c1-2-18-13(17)11(19)6-10(14)9-7-16-12-8(9)4-3-5-15-12/h3-7,14,19H,2H2,1H3,(H,15,16)/b11-6-,14-10?. The molecule has 98 valence electrons. The summed E-state index contributed by atoms with van der Waals surface area (Å²) in [6.45, 7) is 2.00. The maximum atomic E-state index is 11.4. The zero-order valence-corrected chi connectivity index (χ0v) is 11.2. The largest absolute Gasteiger partial charge is 0.462 e. The molecule has 0 radical (unpaired) electrons. The number of hydrogen-bond donors (Lipinski definition) is 3. The highest BCUT2D eigenvalue weighted by atomic mass is 32.1. The fourth-order valence-corrected chi connectivity index (χ4v) is 1.85. The second-order valence-corrected chi connectivity index (χ2v) is 4.25. The molecule has 5 nitrogen and oxygen atoms in total. The summed E-state index contributed by atoms with van der Waals surface area (Å²) in [4.78, 5) is 18.6. The van der Waals surface area contributed by atoms with E-state index in [4.69, 9.17) is 10.1 Å².